The average molecular weight is 543 g/mol. The van der Waals surface area contributed by atoms with E-state index in [1.807, 2.05) is 0 Å². The van der Waals surface area contributed by atoms with Crippen molar-refractivity contribution in [1.29, 1.82) is 0 Å². The molecule has 0 unspecified atom stereocenters. The largest absolute Gasteiger partial charge is 0.383 e. The number of pyridine rings is 1. The lowest BCUT2D eigenvalue weighted by Gasteiger charge is -2.27. The molecule has 0 atom stereocenters. The summed E-state index contributed by atoms with van der Waals surface area (Å²) in [7, 11) is 2.57. The van der Waals surface area contributed by atoms with Crippen molar-refractivity contribution in [3.8, 4) is 0 Å². The standard InChI is InChI=1S/C28H39FN4O4Si/c1-31(12-13-35-2)18-22-19-32(17-21-6-8-23(29)9-7-21)25-16-30-27-24(26(22)25)10-11-33(28(27)34)37-20-36-14-15-38(3,4)5/h6-9,16,19H,10-15,17-18,20H2,1-5H3. The molecule has 0 spiro atoms. The zero-order chi connectivity index (χ0) is 27.3. The number of halogens is 1. The third kappa shape index (κ3) is 7.06. The van der Waals surface area contributed by atoms with Gasteiger partial charge >= 0.3 is 0 Å². The number of aromatic nitrogens is 2. The van der Waals surface area contributed by atoms with Crippen LogP contribution in [0.3, 0.4) is 0 Å². The van der Waals surface area contributed by atoms with Crippen molar-refractivity contribution in [2.75, 3.05) is 47.3 Å². The maximum absolute atomic E-state index is 13.5. The molecule has 0 saturated heterocycles. The van der Waals surface area contributed by atoms with Gasteiger partial charge in [0.15, 0.2) is 6.79 Å². The van der Waals surface area contributed by atoms with Gasteiger partial charge in [-0.3, -0.25) is 9.69 Å². The third-order valence-corrected chi connectivity index (χ3v) is 8.47. The summed E-state index contributed by atoms with van der Waals surface area (Å²) in [5.74, 6) is -0.499. The first-order chi connectivity index (χ1) is 18.2. The third-order valence-electron chi connectivity index (χ3n) is 6.77. The molecule has 38 heavy (non-hydrogen) atoms. The molecule has 10 heteroatoms. The molecule has 1 aliphatic heterocycles. The second-order valence-electron chi connectivity index (χ2n) is 11.1. The molecule has 0 radical (unpaired) electrons. The fraction of sp³-hybridized carbons (Fsp3) is 0.500. The van der Waals surface area contributed by atoms with Crippen LogP contribution in [0.4, 0.5) is 4.39 Å². The van der Waals surface area contributed by atoms with Crippen molar-refractivity contribution >= 4 is 24.9 Å². The van der Waals surface area contributed by atoms with E-state index in [4.69, 9.17) is 14.3 Å². The summed E-state index contributed by atoms with van der Waals surface area (Å²) < 4.78 is 26.5. The van der Waals surface area contributed by atoms with Crippen LogP contribution >= 0.6 is 0 Å². The van der Waals surface area contributed by atoms with Gasteiger partial charge in [-0.2, -0.15) is 0 Å². The number of rotatable bonds is 13. The van der Waals surface area contributed by atoms with Crippen LogP contribution in [0.15, 0.2) is 36.7 Å². The Morgan fingerprint density at radius 2 is 1.92 bits per heavy atom. The summed E-state index contributed by atoms with van der Waals surface area (Å²) in [6.45, 7) is 10.7. The maximum atomic E-state index is 13.5. The number of likely N-dealkylation sites (N-methyl/N-ethyl adjacent to an activating group) is 1. The molecule has 4 rings (SSSR count). The zero-order valence-corrected chi connectivity index (χ0v) is 24.1. The fourth-order valence-electron chi connectivity index (χ4n) is 4.62. The molecule has 3 aromatic rings. The minimum atomic E-state index is -1.18. The van der Waals surface area contributed by atoms with Crippen LogP contribution in [0.2, 0.25) is 25.7 Å². The van der Waals surface area contributed by atoms with Crippen LogP contribution in [-0.4, -0.2) is 80.7 Å². The topological polar surface area (TPSA) is 69.1 Å². The quantitative estimate of drug-likeness (QED) is 0.179. The van der Waals surface area contributed by atoms with Gasteiger partial charge in [0.05, 0.1) is 24.9 Å². The normalized spacial score (nSPS) is 14.1. The molecule has 1 aromatic carbocycles. The predicted molar refractivity (Wildman–Crippen MR) is 148 cm³/mol. The minimum absolute atomic E-state index is 0.0530. The monoisotopic (exact) mass is 542 g/mol. The highest BCUT2D eigenvalue weighted by Gasteiger charge is 2.30. The van der Waals surface area contributed by atoms with Crippen LogP contribution < -0.4 is 0 Å². The molecule has 0 N–H and O–H groups in total. The SMILES string of the molecule is COCCN(C)Cc1cn(Cc2ccc(F)cc2)c2cnc3c(c12)CCN(OCOCC[Si](C)(C)C)C3=O. The maximum Gasteiger partial charge on any atom is 0.296 e. The van der Waals surface area contributed by atoms with E-state index in [9.17, 15) is 9.18 Å². The van der Waals surface area contributed by atoms with Crippen molar-refractivity contribution in [2.45, 2.75) is 45.2 Å². The number of carbonyl (C=O) groups excluding carboxylic acids is 1. The van der Waals surface area contributed by atoms with Crippen LogP contribution in [0.5, 0.6) is 0 Å². The van der Waals surface area contributed by atoms with Crippen molar-refractivity contribution in [3.05, 3.63) is 64.9 Å². The van der Waals surface area contributed by atoms with Crippen LogP contribution in [0.1, 0.15) is 27.2 Å². The second-order valence-corrected chi connectivity index (χ2v) is 16.7. The first kappa shape index (κ1) is 28.4. The van der Waals surface area contributed by atoms with Crippen molar-refractivity contribution in [1.82, 2.24) is 19.5 Å². The summed E-state index contributed by atoms with van der Waals surface area (Å²) in [6.07, 6.45) is 4.52. The summed E-state index contributed by atoms with van der Waals surface area (Å²) in [6, 6.07) is 7.58. The number of amides is 1. The average Bonchev–Trinajstić information content (AvgIpc) is 3.21. The number of fused-ring (bicyclic) bond motifs is 3. The highest BCUT2D eigenvalue weighted by molar-refractivity contribution is 6.76. The van der Waals surface area contributed by atoms with Crippen LogP contribution in [0.25, 0.3) is 10.9 Å². The molecule has 3 heterocycles. The molecule has 0 aliphatic carbocycles. The molecular weight excluding hydrogens is 503 g/mol. The number of nitrogens with zero attached hydrogens (tertiary/aromatic N) is 4. The Morgan fingerprint density at radius 1 is 1.16 bits per heavy atom. The summed E-state index contributed by atoms with van der Waals surface area (Å²) >= 11 is 0. The van der Waals surface area contributed by atoms with Crippen molar-refractivity contribution < 1.29 is 23.5 Å². The molecule has 1 aliphatic rings. The fourth-order valence-corrected chi connectivity index (χ4v) is 5.37. The van der Waals surface area contributed by atoms with E-state index in [0.717, 1.165) is 40.2 Å². The Labute approximate surface area is 225 Å². The minimum Gasteiger partial charge on any atom is -0.383 e. The van der Waals surface area contributed by atoms with Gasteiger partial charge in [-0.1, -0.05) is 31.8 Å². The highest BCUT2D eigenvalue weighted by Crippen LogP contribution is 2.31. The number of hydrogen-bond donors (Lipinski definition) is 0. The van der Waals surface area contributed by atoms with E-state index < -0.39 is 8.07 Å². The van der Waals surface area contributed by atoms with E-state index in [1.54, 1.807) is 25.4 Å². The van der Waals surface area contributed by atoms with Gasteiger partial charge in [-0.05, 0) is 48.3 Å². The first-order valence-electron chi connectivity index (χ1n) is 13.1. The number of benzene rings is 1. The number of hydrogen-bond acceptors (Lipinski definition) is 6. The summed E-state index contributed by atoms with van der Waals surface area (Å²) in [5, 5.41) is 2.43. The van der Waals surface area contributed by atoms with E-state index in [2.05, 4.69) is 47.3 Å². The number of ether oxygens (including phenoxy) is 2. The van der Waals surface area contributed by atoms with E-state index in [1.165, 1.54) is 17.2 Å². The number of methoxy groups -OCH3 is 1. The van der Waals surface area contributed by atoms with Gasteiger partial charge in [-0.15, -0.1) is 0 Å². The van der Waals surface area contributed by atoms with Crippen molar-refractivity contribution in [2.24, 2.45) is 0 Å². The molecular formula is C28H39FN4O4Si. The zero-order valence-electron chi connectivity index (χ0n) is 23.1. The Morgan fingerprint density at radius 3 is 2.63 bits per heavy atom. The highest BCUT2D eigenvalue weighted by atomic mass is 28.3. The lowest BCUT2D eigenvalue weighted by Crippen LogP contribution is -2.39. The van der Waals surface area contributed by atoms with Crippen molar-refractivity contribution in [3.63, 3.8) is 0 Å². The first-order valence-corrected chi connectivity index (χ1v) is 16.8. The van der Waals surface area contributed by atoms with E-state index >= 15 is 0 Å². The summed E-state index contributed by atoms with van der Waals surface area (Å²) in [4.78, 5) is 25.8. The van der Waals surface area contributed by atoms with Gasteiger partial charge < -0.3 is 14.0 Å². The predicted octanol–water partition coefficient (Wildman–Crippen LogP) is 4.54. The Balaban J connectivity index is 1.58. The molecule has 206 valence electrons. The van der Waals surface area contributed by atoms with Crippen LogP contribution in [-0.2, 0) is 33.8 Å². The van der Waals surface area contributed by atoms with Gasteiger partial charge in [0.1, 0.15) is 11.5 Å². The Bertz CT molecular complexity index is 1240. The molecule has 2 aromatic heterocycles. The van der Waals surface area contributed by atoms with E-state index in [0.29, 0.717) is 45.0 Å². The van der Waals surface area contributed by atoms with E-state index in [-0.39, 0.29) is 18.5 Å². The van der Waals surface area contributed by atoms with Gasteiger partial charge in [0.25, 0.3) is 5.91 Å². The second kappa shape index (κ2) is 12.5. The Kier molecular flexibility index (Phi) is 9.32. The molecule has 8 nitrogen and oxygen atoms in total. The molecule has 0 fully saturated rings. The van der Waals surface area contributed by atoms with Gasteiger partial charge in [-0.25, -0.2) is 19.3 Å². The smallest absolute Gasteiger partial charge is 0.296 e. The molecule has 1 amide bonds. The number of hydroxylamine groups is 2. The lowest BCUT2D eigenvalue weighted by molar-refractivity contribution is -0.195. The van der Waals surface area contributed by atoms with Gasteiger partial charge in [0, 0.05) is 53.0 Å². The summed E-state index contributed by atoms with van der Waals surface area (Å²) in [5.41, 5.74) is 4.44. The molecule has 0 saturated carbocycles. The number of carbonyl (C=O) groups is 1. The van der Waals surface area contributed by atoms with Crippen LogP contribution in [0, 0.1) is 5.82 Å². The Hall–Kier alpha value is -2.63. The van der Waals surface area contributed by atoms with Gasteiger partial charge in [0.2, 0.25) is 0 Å². The lowest BCUT2D eigenvalue weighted by atomic mass is 9.99. The molecule has 0 bridgehead atoms.